The lowest BCUT2D eigenvalue weighted by Gasteiger charge is -2.12. The van der Waals surface area contributed by atoms with Crippen LogP contribution in [0.1, 0.15) is 38.6 Å². The maximum absolute atomic E-state index is 5.66. The predicted octanol–water partition coefficient (Wildman–Crippen LogP) is 4.93. The number of fused-ring (bicyclic) bond motifs is 3. The second kappa shape index (κ2) is 6.24. The highest BCUT2D eigenvalue weighted by atomic mass is 16.4. The Bertz CT molecular complexity index is 1030. The molecule has 0 bridgehead atoms. The van der Waals surface area contributed by atoms with E-state index in [4.69, 9.17) is 4.42 Å². The Hall–Kier alpha value is -2.82. The van der Waals surface area contributed by atoms with Gasteiger partial charge in [-0.15, -0.1) is 10.2 Å². The van der Waals surface area contributed by atoms with Crippen molar-refractivity contribution in [2.45, 2.75) is 39.8 Å². The minimum absolute atomic E-state index is 0.0372. The van der Waals surface area contributed by atoms with E-state index in [0.29, 0.717) is 11.8 Å². The van der Waals surface area contributed by atoms with E-state index in [1.54, 1.807) is 0 Å². The first-order valence-electron chi connectivity index (χ1n) is 8.81. The van der Waals surface area contributed by atoms with E-state index >= 15 is 0 Å². The fourth-order valence-corrected chi connectivity index (χ4v) is 3.38. The fourth-order valence-electron chi connectivity index (χ4n) is 3.38. The maximum atomic E-state index is 5.66. The number of para-hydroxylation sites is 1. The van der Waals surface area contributed by atoms with Crippen molar-refractivity contribution in [3.05, 3.63) is 54.2 Å². The van der Waals surface area contributed by atoms with E-state index in [0.717, 1.165) is 18.7 Å². The molecular weight excluding hydrogens is 312 g/mol. The lowest BCUT2D eigenvalue weighted by atomic mass is 10.1. The van der Waals surface area contributed by atoms with Gasteiger partial charge in [0, 0.05) is 40.5 Å². The van der Waals surface area contributed by atoms with Crippen LogP contribution < -0.4 is 5.32 Å². The molecule has 128 valence electrons. The zero-order valence-corrected chi connectivity index (χ0v) is 14.8. The average molecular weight is 334 g/mol. The third kappa shape index (κ3) is 2.65. The molecule has 4 rings (SSSR count). The van der Waals surface area contributed by atoms with Crippen molar-refractivity contribution >= 4 is 27.5 Å². The summed E-state index contributed by atoms with van der Waals surface area (Å²) in [5.74, 6) is 1.29. The van der Waals surface area contributed by atoms with Gasteiger partial charge in [0.2, 0.25) is 11.8 Å². The number of anilines is 1. The molecule has 0 saturated carbocycles. The van der Waals surface area contributed by atoms with Gasteiger partial charge >= 0.3 is 0 Å². The SMILES string of the molecule is CCc1nnc(C(C)Nc2ccc3c(c2)c2ccccc2n3CC)o1. The zero-order chi connectivity index (χ0) is 17.4. The molecule has 2 aromatic carbocycles. The van der Waals surface area contributed by atoms with Crippen LogP contribution in [0.4, 0.5) is 5.69 Å². The summed E-state index contributed by atoms with van der Waals surface area (Å²) in [6.45, 7) is 7.18. The highest BCUT2D eigenvalue weighted by Gasteiger charge is 2.15. The smallest absolute Gasteiger partial charge is 0.238 e. The molecule has 5 heteroatoms. The van der Waals surface area contributed by atoms with Crippen LogP contribution >= 0.6 is 0 Å². The molecule has 25 heavy (non-hydrogen) atoms. The summed E-state index contributed by atoms with van der Waals surface area (Å²) >= 11 is 0. The quantitative estimate of drug-likeness (QED) is 0.562. The fraction of sp³-hybridized carbons (Fsp3) is 0.300. The Balaban J connectivity index is 1.72. The van der Waals surface area contributed by atoms with Gasteiger partial charge in [-0.2, -0.15) is 0 Å². The molecule has 2 aromatic heterocycles. The van der Waals surface area contributed by atoms with Crippen molar-refractivity contribution < 1.29 is 4.42 Å². The Morgan fingerprint density at radius 3 is 2.60 bits per heavy atom. The number of nitrogens with one attached hydrogen (secondary N) is 1. The number of rotatable bonds is 5. The van der Waals surface area contributed by atoms with Crippen LogP contribution in [0.5, 0.6) is 0 Å². The molecule has 1 N–H and O–H groups in total. The van der Waals surface area contributed by atoms with Gasteiger partial charge in [0.1, 0.15) is 6.04 Å². The first-order valence-corrected chi connectivity index (χ1v) is 8.81. The molecule has 0 fully saturated rings. The topological polar surface area (TPSA) is 55.9 Å². The Labute approximate surface area is 146 Å². The van der Waals surface area contributed by atoms with Crippen LogP contribution in [-0.2, 0) is 13.0 Å². The molecule has 4 aromatic rings. The van der Waals surface area contributed by atoms with Crippen molar-refractivity contribution in [1.29, 1.82) is 0 Å². The van der Waals surface area contributed by atoms with E-state index in [9.17, 15) is 0 Å². The summed E-state index contributed by atoms with van der Waals surface area (Å²) in [6.07, 6.45) is 0.752. The predicted molar refractivity (Wildman–Crippen MR) is 101 cm³/mol. The standard InChI is InChI=1S/C20H22N4O/c1-4-19-22-23-20(25-19)13(3)21-14-10-11-18-16(12-14)15-8-6-7-9-17(15)24(18)5-2/h6-13,21H,4-5H2,1-3H3. The van der Waals surface area contributed by atoms with Crippen LogP contribution in [0.15, 0.2) is 46.9 Å². The number of benzene rings is 2. The van der Waals surface area contributed by atoms with Gasteiger partial charge in [0.15, 0.2) is 0 Å². The average Bonchev–Trinajstić information content (AvgIpc) is 3.24. The molecule has 0 radical (unpaired) electrons. The van der Waals surface area contributed by atoms with Gasteiger partial charge in [-0.05, 0) is 38.1 Å². The lowest BCUT2D eigenvalue weighted by molar-refractivity contribution is 0.439. The molecule has 2 heterocycles. The molecule has 0 saturated heterocycles. The van der Waals surface area contributed by atoms with Crippen molar-refractivity contribution in [2.75, 3.05) is 5.32 Å². The van der Waals surface area contributed by atoms with Gasteiger partial charge in [0.05, 0.1) is 0 Å². The van der Waals surface area contributed by atoms with E-state index in [-0.39, 0.29) is 6.04 Å². The molecule has 0 aliphatic rings. The maximum Gasteiger partial charge on any atom is 0.238 e. The Morgan fingerprint density at radius 1 is 1.04 bits per heavy atom. The van der Waals surface area contributed by atoms with E-state index < -0.39 is 0 Å². The van der Waals surface area contributed by atoms with E-state index in [1.165, 1.54) is 21.8 Å². The molecule has 0 spiro atoms. The molecule has 0 aliphatic carbocycles. The van der Waals surface area contributed by atoms with Crippen molar-refractivity contribution in [1.82, 2.24) is 14.8 Å². The zero-order valence-electron chi connectivity index (χ0n) is 14.8. The van der Waals surface area contributed by atoms with Crippen molar-refractivity contribution in [2.24, 2.45) is 0 Å². The van der Waals surface area contributed by atoms with Crippen LogP contribution in [0.3, 0.4) is 0 Å². The van der Waals surface area contributed by atoms with E-state index in [1.807, 2.05) is 13.8 Å². The first kappa shape index (κ1) is 15.7. The largest absolute Gasteiger partial charge is 0.423 e. The van der Waals surface area contributed by atoms with Crippen LogP contribution in [0.25, 0.3) is 21.8 Å². The summed E-state index contributed by atoms with van der Waals surface area (Å²) in [4.78, 5) is 0. The van der Waals surface area contributed by atoms with Gasteiger partial charge in [0.25, 0.3) is 0 Å². The van der Waals surface area contributed by atoms with Crippen molar-refractivity contribution in [3.63, 3.8) is 0 Å². The van der Waals surface area contributed by atoms with Gasteiger partial charge in [-0.3, -0.25) is 0 Å². The molecule has 5 nitrogen and oxygen atoms in total. The minimum Gasteiger partial charge on any atom is -0.423 e. The highest BCUT2D eigenvalue weighted by Crippen LogP contribution is 2.31. The van der Waals surface area contributed by atoms with Gasteiger partial charge < -0.3 is 14.3 Å². The second-order valence-electron chi connectivity index (χ2n) is 6.25. The number of aryl methyl sites for hydroxylation is 2. The second-order valence-corrected chi connectivity index (χ2v) is 6.25. The van der Waals surface area contributed by atoms with Gasteiger partial charge in [-0.1, -0.05) is 25.1 Å². The monoisotopic (exact) mass is 334 g/mol. The molecule has 1 unspecified atom stereocenters. The number of hydrogen-bond donors (Lipinski definition) is 1. The number of nitrogens with zero attached hydrogens (tertiary/aromatic N) is 3. The minimum atomic E-state index is -0.0372. The summed E-state index contributed by atoms with van der Waals surface area (Å²) in [5.41, 5.74) is 3.58. The lowest BCUT2D eigenvalue weighted by Crippen LogP contribution is -2.07. The normalized spacial score (nSPS) is 12.8. The highest BCUT2D eigenvalue weighted by molar-refractivity contribution is 6.09. The van der Waals surface area contributed by atoms with Crippen LogP contribution in [-0.4, -0.2) is 14.8 Å². The third-order valence-electron chi connectivity index (χ3n) is 4.63. The summed E-state index contributed by atoms with van der Waals surface area (Å²) < 4.78 is 8.01. The van der Waals surface area contributed by atoms with Crippen molar-refractivity contribution in [3.8, 4) is 0 Å². The summed E-state index contributed by atoms with van der Waals surface area (Å²) in [5, 5.41) is 14.2. The molecule has 1 atom stereocenters. The summed E-state index contributed by atoms with van der Waals surface area (Å²) in [7, 11) is 0. The first-order chi connectivity index (χ1) is 12.2. The van der Waals surface area contributed by atoms with Crippen LogP contribution in [0.2, 0.25) is 0 Å². The Morgan fingerprint density at radius 2 is 1.84 bits per heavy atom. The molecular formula is C20H22N4O. The number of aromatic nitrogens is 3. The van der Waals surface area contributed by atoms with E-state index in [2.05, 4.69) is 69.5 Å². The Kier molecular flexibility index (Phi) is 3.92. The van der Waals surface area contributed by atoms with Gasteiger partial charge in [-0.25, -0.2) is 0 Å². The van der Waals surface area contributed by atoms with Crippen LogP contribution in [0, 0.1) is 0 Å². The molecule has 0 amide bonds. The third-order valence-corrected chi connectivity index (χ3v) is 4.63. The number of hydrogen-bond acceptors (Lipinski definition) is 4. The molecule has 0 aliphatic heterocycles. The summed E-state index contributed by atoms with van der Waals surface area (Å²) in [6, 6.07) is 15.0.